The molecular weight excluding hydrogens is 534 g/mol. The molecule has 240 valence electrons. The second-order valence-corrected chi connectivity index (χ2v) is 10.7. The average molecular weight is 590 g/mol. The summed E-state index contributed by atoms with van der Waals surface area (Å²) in [4.78, 5) is 3.83. The van der Waals surface area contributed by atoms with Gasteiger partial charge in [0, 0.05) is 25.8 Å². The van der Waals surface area contributed by atoms with E-state index < -0.39 is 54.9 Å². The molecule has 41 heavy (non-hydrogen) atoms. The summed E-state index contributed by atoms with van der Waals surface area (Å²) in [5, 5.41) is 89.8. The Morgan fingerprint density at radius 3 is 1.39 bits per heavy atom. The zero-order valence-corrected chi connectivity index (χ0v) is 24.3. The number of aliphatic imine (C=N–C) groups is 1. The predicted molar refractivity (Wildman–Crippen MR) is 159 cm³/mol. The maximum atomic E-state index is 10.1. The van der Waals surface area contributed by atoms with Crippen LogP contribution in [-0.4, -0.2) is 113 Å². The fourth-order valence-corrected chi connectivity index (χ4v) is 4.08. The van der Waals surface area contributed by atoms with Crippen LogP contribution in [0.3, 0.4) is 0 Å². The van der Waals surface area contributed by atoms with Gasteiger partial charge in [0.15, 0.2) is 5.96 Å². The maximum absolute atomic E-state index is 10.1. The highest BCUT2D eigenvalue weighted by Crippen LogP contribution is 2.13. The van der Waals surface area contributed by atoms with Crippen molar-refractivity contribution in [1.82, 2.24) is 0 Å². The quantitative estimate of drug-likeness (QED) is 0.0296. The van der Waals surface area contributed by atoms with Gasteiger partial charge in [-0.05, 0) is 51.4 Å². The van der Waals surface area contributed by atoms with Crippen molar-refractivity contribution in [3.8, 4) is 0 Å². The SMILES string of the molecule is CCC(O)CC(O)/C=C/CC(O)CC(O)CC(O)/C=C/CC(O)CC(O)/C=C/CC(O)CC(O)CCCN=C(N)N. The van der Waals surface area contributed by atoms with Gasteiger partial charge in [-0.25, -0.2) is 0 Å². The van der Waals surface area contributed by atoms with Gasteiger partial charge in [-0.3, -0.25) is 4.99 Å². The number of rotatable bonds is 24. The standard InChI is InChI=1S/C29H55N3O9/c1-2-20(33)15-21(34)7-3-11-25(38)18-28(41)19-26(39)12-5-10-23(36)16-22(35)8-4-9-24(37)17-27(40)13-6-14-32-29(30)31/h3-5,7-8,12,20-28,33-41H,2,6,9-11,13-19H2,1H3,(H4,30,31,32)/b7-3+,8-4+,12-5+. The van der Waals surface area contributed by atoms with Gasteiger partial charge in [0.2, 0.25) is 0 Å². The molecule has 0 saturated carbocycles. The second kappa shape index (κ2) is 23.7. The highest BCUT2D eigenvalue weighted by atomic mass is 16.3. The van der Waals surface area contributed by atoms with Crippen molar-refractivity contribution < 1.29 is 46.0 Å². The van der Waals surface area contributed by atoms with E-state index in [0.717, 1.165) is 0 Å². The van der Waals surface area contributed by atoms with Crippen molar-refractivity contribution in [2.75, 3.05) is 6.54 Å². The van der Waals surface area contributed by atoms with Crippen LogP contribution in [0.1, 0.15) is 77.6 Å². The van der Waals surface area contributed by atoms with E-state index in [1.807, 2.05) is 6.92 Å². The first-order valence-corrected chi connectivity index (χ1v) is 14.5. The third-order valence-electron chi connectivity index (χ3n) is 6.39. The number of nitrogens with two attached hydrogens (primary N) is 2. The van der Waals surface area contributed by atoms with Crippen molar-refractivity contribution in [3.05, 3.63) is 36.5 Å². The van der Waals surface area contributed by atoms with Gasteiger partial charge in [-0.1, -0.05) is 43.4 Å². The smallest absolute Gasteiger partial charge is 0.185 e. The van der Waals surface area contributed by atoms with Crippen LogP contribution in [0.4, 0.5) is 0 Å². The lowest BCUT2D eigenvalue weighted by atomic mass is 10.0. The molecule has 0 aromatic carbocycles. The Kier molecular flexibility index (Phi) is 22.6. The largest absolute Gasteiger partial charge is 0.393 e. The Morgan fingerprint density at radius 2 is 0.951 bits per heavy atom. The number of hydrogen-bond donors (Lipinski definition) is 11. The van der Waals surface area contributed by atoms with Crippen molar-refractivity contribution in [2.45, 2.75) is 132 Å². The Morgan fingerprint density at radius 1 is 0.561 bits per heavy atom. The van der Waals surface area contributed by atoms with E-state index in [4.69, 9.17) is 11.5 Å². The van der Waals surface area contributed by atoms with Crippen LogP contribution >= 0.6 is 0 Å². The Hall–Kier alpha value is -1.87. The summed E-state index contributed by atoms with van der Waals surface area (Å²) in [6.07, 6.45) is 4.39. The molecule has 12 nitrogen and oxygen atoms in total. The number of nitrogens with zero attached hydrogens (tertiary/aromatic N) is 1. The van der Waals surface area contributed by atoms with E-state index >= 15 is 0 Å². The summed E-state index contributed by atoms with van der Waals surface area (Å²) in [5.74, 6) is -0.00499. The molecule has 13 N–H and O–H groups in total. The van der Waals surface area contributed by atoms with E-state index in [1.54, 1.807) is 18.2 Å². The van der Waals surface area contributed by atoms with E-state index in [0.29, 0.717) is 25.8 Å². The third kappa shape index (κ3) is 24.4. The van der Waals surface area contributed by atoms with Gasteiger partial charge < -0.3 is 57.4 Å². The molecule has 9 atom stereocenters. The molecule has 0 radical (unpaired) electrons. The summed E-state index contributed by atoms with van der Waals surface area (Å²) in [5.41, 5.74) is 10.5. The molecule has 0 saturated heterocycles. The number of aliphatic hydroxyl groups is 9. The molecule has 0 aromatic rings. The van der Waals surface area contributed by atoms with Gasteiger partial charge in [0.05, 0.1) is 54.9 Å². The van der Waals surface area contributed by atoms with Crippen molar-refractivity contribution in [1.29, 1.82) is 0 Å². The topological polar surface area (TPSA) is 246 Å². The molecule has 0 spiro atoms. The molecule has 9 unspecified atom stereocenters. The normalized spacial score (nSPS) is 19.2. The first-order chi connectivity index (χ1) is 19.3. The summed E-state index contributed by atoms with van der Waals surface area (Å²) in [6, 6.07) is 0. The minimum Gasteiger partial charge on any atom is -0.393 e. The summed E-state index contributed by atoms with van der Waals surface area (Å²) < 4.78 is 0. The zero-order valence-electron chi connectivity index (χ0n) is 24.3. The molecule has 0 aliphatic heterocycles. The highest BCUT2D eigenvalue weighted by molar-refractivity contribution is 5.75. The predicted octanol–water partition coefficient (Wildman–Crippen LogP) is -0.512. The fourth-order valence-electron chi connectivity index (χ4n) is 4.08. The average Bonchev–Trinajstić information content (AvgIpc) is 2.86. The van der Waals surface area contributed by atoms with Gasteiger partial charge >= 0.3 is 0 Å². The molecule has 0 aliphatic rings. The number of hydrogen-bond acceptors (Lipinski definition) is 10. The molecule has 0 amide bonds. The first kappa shape index (κ1) is 39.1. The summed E-state index contributed by atoms with van der Waals surface area (Å²) in [7, 11) is 0. The van der Waals surface area contributed by atoms with Gasteiger partial charge in [-0.2, -0.15) is 0 Å². The van der Waals surface area contributed by atoms with Crippen molar-refractivity contribution in [2.24, 2.45) is 16.5 Å². The van der Waals surface area contributed by atoms with E-state index in [9.17, 15) is 46.0 Å². The molecular formula is C29H55N3O9. The number of guanidine groups is 1. The Labute approximate surface area is 244 Å². The highest BCUT2D eigenvalue weighted by Gasteiger charge is 2.15. The maximum Gasteiger partial charge on any atom is 0.185 e. The van der Waals surface area contributed by atoms with Crippen LogP contribution in [0.5, 0.6) is 0 Å². The lowest BCUT2D eigenvalue weighted by Gasteiger charge is -2.17. The molecule has 0 rings (SSSR count). The van der Waals surface area contributed by atoms with Crippen LogP contribution in [-0.2, 0) is 0 Å². The van der Waals surface area contributed by atoms with Crippen LogP contribution in [0.15, 0.2) is 41.4 Å². The van der Waals surface area contributed by atoms with Crippen molar-refractivity contribution in [3.63, 3.8) is 0 Å². The Balaban J connectivity index is 4.18. The molecule has 0 fully saturated rings. The van der Waals surface area contributed by atoms with E-state index in [2.05, 4.69) is 4.99 Å². The lowest BCUT2D eigenvalue weighted by Crippen LogP contribution is -2.23. The van der Waals surface area contributed by atoms with Crippen LogP contribution in [0.2, 0.25) is 0 Å². The van der Waals surface area contributed by atoms with Gasteiger partial charge in [0.25, 0.3) is 0 Å². The van der Waals surface area contributed by atoms with Crippen LogP contribution in [0.25, 0.3) is 0 Å². The monoisotopic (exact) mass is 589 g/mol. The Bertz CT molecular complexity index is 762. The minimum absolute atomic E-state index is 0.00264. The fraction of sp³-hybridized carbons (Fsp3) is 0.759. The molecule has 12 heteroatoms. The molecule has 0 aromatic heterocycles. The van der Waals surface area contributed by atoms with E-state index in [1.165, 1.54) is 18.2 Å². The summed E-state index contributed by atoms with van der Waals surface area (Å²) >= 11 is 0. The van der Waals surface area contributed by atoms with Gasteiger partial charge in [0.1, 0.15) is 0 Å². The van der Waals surface area contributed by atoms with Crippen LogP contribution < -0.4 is 11.5 Å². The second-order valence-electron chi connectivity index (χ2n) is 10.7. The van der Waals surface area contributed by atoms with Gasteiger partial charge in [-0.15, -0.1) is 0 Å². The van der Waals surface area contributed by atoms with Crippen molar-refractivity contribution >= 4 is 5.96 Å². The molecule has 0 aliphatic carbocycles. The van der Waals surface area contributed by atoms with Crippen LogP contribution in [0, 0.1) is 0 Å². The lowest BCUT2D eigenvalue weighted by molar-refractivity contribution is 0.0523. The molecule has 0 bridgehead atoms. The van der Waals surface area contributed by atoms with E-state index in [-0.39, 0.29) is 57.3 Å². The molecule has 0 heterocycles. The summed E-state index contributed by atoms with van der Waals surface area (Å²) in [6.45, 7) is 2.22. The first-order valence-electron chi connectivity index (χ1n) is 14.5. The number of aliphatic hydroxyl groups excluding tert-OH is 9. The third-order valence-corrected chi connectivity index (χ3v) is 6.39. The zero-order chi connectivity index (χ0) is 31.2. The minimum atomic E-state index is -0.981.